The van der Waals surface area contributed by atoms with E-state index in [0.29, 0.717) is 12.1 Å². The number of aryl methyl sites for hydroxylation is 2. The molecule has 0 N–H and O–H groups in total. The van der Waals surface area contributed by atoms with Gasteiger partial charge in [0.1, 0.15) is 0 Å². The highest BCUT2D eigenvalue weighted by atomic mass is 32.2. The van der Waals surface area contributed by atoms with Crippen LogP contribution in [0.25, 0.3) is 10.2 Å². The zero-order valence-electron chi connectivity index (χ0n) is 17.2. The van der Waals surface area contributed by atoms with Gasteiger partial charge in [0.05, 0.1) is 10.2 Å². The Kier molecular flexibility index (Phi) is 6.75. The number of thioether (sulfide) groups is 1. The fourth-order valence-electron chi connectivity index (χ4n) is 3.02. The summed E-state index contributed by atoms with van der Waals surface area (Å²) in [7, 11) is 4.11. The van der Waals surface area contributed by atoms with Crippen molar-refractivity contribution in [3.05, 3.63) is 53.1 Å². The van der Waals surface area contributed by atoms with E-state index in [0.717, 1.165) is 33.2 Å². The van der Waals surface area contributed by atoms with Crippen molar-refractivity contribution in [1.82, 2.24) is 9.88 Å². The first kappa shape index (κ1) is 20.8. The van der Waals surface area contributed by atoms with Crippen molar-refractivity contribution < 1.29 is 4.79 Å². The van der Waals surface area contributed by atoms with Crippen LogP contribution in [0.15, 0.2) is 41.3 Å². The summed E-state index contributed by atoms with van der Waals surface area (Å²) >= 11 is 3.24. The predicted octanol–water partition coefficient (Wildman–Crippen LogP) is 5.23. The Labute approximate surface area is 175 Å². The monoisotopic (exact) mass is 413 g/mol. The second-order valence-electron chi connectivity index (χ2n) is 7.25. The van der Waals surface area contributed by atoms with Crippen LogP contribution in [0.3, 0.4) is 0 Å². The maximum Gasteiger partial charge on any atom is 0.260 e. The third-order valence-electron chi connectivity index (χ3n) is 4.77. The van der Waals surface area contributed by atoms with Gasteiger partial charge in [-0.15, -0.1) is 11.8 Å². The summed E-state index contributed by atoms with van der Waals surface area (Å²) in [5.41, 5.74) is 4.15. The summed E-state index contributed by atoms with van der Waals surface area (Å²) in [6.45, 7) is 5.79. The Balaban J connectivity index is 1.97. The van der Waals surface area contributed by atoms with Crippen molar-refractivity contribution >= 4 is 44.4 Å². The second kappa shape index (κ2) is 9.07. The lowest BCUT2D eigenvalue weighted by Crippen LogP contribution is -2.33. The van der Waals surface area contributed by atoms with Gasteiger partial charge in [-0.1, -0.05) is 17.4 Å². The molecule has 6 heteroatoms. The van der Waals surface area contributed by atoms with Crippen LogP contribution in [-0.2, 0) is 0 Å². The van der Waals surface area contributed by atoms with E-state index >= 15 is 0 Å². The normalized spacial score (nSPS) is 11.4. The van der Waals surface area contributed by atoms with Crippen LogP contribution < -0.4 is 4.90 Å². The molecule has 1 amide bonds. The lowest BCUT2D eigenvalue weighted by Gasteiger charge is -2.21. The molecule has 0 aliphatic carbocycles. The van der Waals surface area contributed by atoms with Gasteiger partial charge in [-0.3, -0.25) is 9.69 Å². The molecule has 0 bridgehead atoms. The SMILES string of the molecule is CSc1cccc(C(=O)N(CCCN(C)C)c2nc3cc(C)c(C)cc3s2)c1. The van der Waals surface area contributed by atoms with Gasteiger partial charge < -0.3 is 4.90 Å². The van der Waals surface area contributed by atoms with Crippen molar-refractivity contribution in [2.24, 2.45) is 0 Å². The van der Waals surface area contributed by atoms with Gasteiger partial charge in [-0.05, 0) is 88.6 Å². The molecule has 3 rings (SSSR count). The van der Waals surface area contributed by atoms with Gasteiger partial charge in [0.25, 0.3) is 5.91 Å². The summed E-state index contributed by atoms with van der Waals surface area (Å²) < 4.78 is 1.13. The second-order valence-corrected chi connectivity index (χ2v) is 9.13. The summed E-state index contributed by atoms with van der Waals surface area (Å²) in [6.07, 6.45) is 2.92. The third kappa shape index (κ3) is 4.74. The molecular formula is C22H27N3OS2. The van der Waals surface area contributed by atoms with Crippen molar-refractivity contribution in [3.8, 4) is 0 Å². The number of carbonyl (C=O) groups excluding carboxylic acids is 1. The van der Waals surface area contributed by atoms with E-state index in [1.807, 2.05) is 35.4 Å². The Bertz CT molecular complexity index is 942. The lowest BCUT2D eigenvalue weighted by atomic mass is 10.1. The van der Waals surface area contributed by atoms with Crippen LogP contribution >= 0.6 is 23.1 Å². The summed E-state index contributed by atoms with van der Waals surface area (Å²) in [6, 6.07) is 12.1. The number of fused-ring (bicyclic) bond motifs is 1. The van der Waals surface area contributed by atoms with Crippen LogP contribution in [0.5, 0.6) is 0 Å². The number of hydrogen-bond donors (Lipinski definition) is 0. The van der Waals surface area contributed by atoms with Gasteiger partial charge >= 0.3 is 0 Å². The molecule has 148 valence electrons. The quantitative estimate of drug-likeness (QED) is 0.497. The number of rotatable bonds is 7. The molecule has 2 aromatic carbocycles. The maximum absolute atomic E-state index is 13.4. The molecule has 0 aliphatic rings. The van der Waals surface area contributed by atoms with Crippen molar-refractivity contribution in [2.45, 2.75) is 25.2 Å². The van der Waals surface area contributed by atoms with Crippen LogP contribution in [0, 0.1) is 13.8 Å². The Morgan fingerprint density at radius 2 is 1.86 bits per heavy atom. The number of thiazole rings is 1. The molecule has 0 saturated heterocycles. The first-order chi connectivity index (χ1) is 13.4. The first-order valence-corrected chi connectivity index (χ1v) is 11.4. The van der Waals surface area contributed by atoms with E-state index < -0.39 is 0 Å². The topological polar surface area (TPSA) is 36.4 Å². The molecule has 0 saturated carbocycles. The van der Waals surface area contributed by atoms with E-state index in [1.165, 1.54) is 11.1 Å². The number of hydrogen-bond acceptors (Lipinski definition) is 5. The zero-order valence-corrected chi connectivity index (χ0v) is 18.8. The van der Waals surface area contributed by atoms with E-state index in [-0.39, 0.29) is 5.91 Å². The number of benzene rings is 2. The number of carbonyl (C=O) groups is 1. The minimum atomic E-state index is 0.0159. The predicted molar refractivity (Wildman–Crippen MR) is 122 cm³/mol. The molecule has 1 aromatic heterocycles. The van der Waals surface area contributed by atoms with E-state index in [2.05, 4.69) is 45.0 Å². The maximum atomic E-state index is 13.4. The average molecular weight is 414 g/mol. The van der Waals surface area contributed by atoms with Gasteiger partial charge in [0, 0.05) is 17.0 Å². The number of aromatic nitrogens is 1. The molecule has 1 heterocycles. The summed E-state index contributed by atoms with van der Waals surface area (Å²) in [5, 5.41) is 0.776. The number of anilines is 1. The van der Waals surface area contributed by atoms with Crippen molar-refractivity contribution in [1.29, 1.82) is 0 Å². The highest BCUT2D eigenvalue weighted by Gasteiger charge is 2.21. The fourth-order valence-corrected chi connectivity index (χ4v) is 4.55. The van der Waals surface area contributed by atoms with Crippen LogP contribution in [0.1, 0.15) is 27.9 Å². The Morgan fingerprint density at radius 1 is 1.11 bits per heavy atom. The highest BCUT2D eigenvalue weighted by Crippen LogP contribution is 2.32. The Hall–Kier alpha value is -1.89. The average Bonchev–Trinajstić information content (AvgIpc) is 3.07. The highest BCUT2D eigenvalue weighted by molar-refractivity contribution is 7.98. The number of nitrogens with zero attached hydrogens (tertiary/aromatic N) is 3. The molecule has 28 heavy (non-hydrogen) atoms. The minimum Gasteiger partial charge on any atom is -0.309 e. The molecule has 3 aromatic rings. The summed E-state index contributed by atoms with van der Waals surface area (Å²) in [4.78, 5) is 23.3. The first-order valence-electron chi connectivity index (χ1n) is 9.37. The standard InChI is InChI=1S/C22H27N3OS2/c1-15-12-19-20(13-16(15)2)28-22(23-19)25(11-7-10-24(3)4)21(26)17-8-6-9-18(14-17)27-5/h6,8-9,12-14H,7,10-11H2,1-5H3. The van der Waals surface area contributed by atoms with Crippen LogP contribution in [-0.4, -0.2) is 49.2 Å². The fraction of sp³-hybridized carbons (Fsp3) is 0.364. The van der Waals surface area contributed by atoms with Crippen LogP contribution in [0.4, 0.5) is 5.13 Å². The van der Waals surface area contributed by atoms with Gasteiger partial charge in [0.15, 0.2) is 5.13 Å². The molecule has 0 fully saturated rings. The van der Waals surface area contributed by atoms with E-state index in [1.54, 1.807) is 23.1 Å². The molecule has 0 aliphatic heterocycles. The zero-order chi connectivity index (χ0) is 20.3. The Morgan fingerprint density at radius 3 is 2.57 bits per heavy atom. The minimum absolute atomic E-state index is 0.0159. The van der Waals surface area contributed by atoms with Crippen molar-refractivity contribution in [3.63, 3.8) is 0 Å². The molecule has 4 nitrogen and oxygen atoms in total. The number of amides is 1. The molecule has 0 spiro atoms. The third-order valence-corrected chi connectivity index (χ3v) is 6.54. The van der Waals surface area contributed by atoms with E-state index in [4.69, 9.17) is 4.98 Å². The summed E-state index contributed by atoms with van der Waals surface area (Å²) in [5.74, 6) is 0.0159. The van der Waals surface area contributed by atoms with Gasteiger partial charge in [-0.2, -0.15) is 0 Å². The molecule has 0 atom stereocenters. The largest absolute Gasteiger partial charge is 0.309 e. The van der Waals surface area contributed by atoms with Crippen molar-refractivity contribution in [2.75, 3.05) is 38.3 Å². The van der Waals surface area contributed by atoms with E-state index in [9.17, 15) is 4.79 Å². The molecule has 0 radical (unpaired) electrons. The lowest BCUT2D eigenvalue weighted by molar-refractivity contribution is 0.0986. The van der Waals surface area contributed by atoms with Gasteiger partial charge in [-0.25, -0.2) is 4.98 Å². The van der Waals surface area contributed by atoms with Gasteiger partial charge in [0.2, 0.25) is 0 Å². The molecule has 0 unspecified atom stereocenters. The smallest absolute Gasteiger partial charge is 0.260 e. The van der Waals surface area contributed by atoms with Crippen LogP contribution in [0.2, 0.25) is 0 Å². The molecular weight excluding hydrogens is 386 g/mol.